The second-order valence-corrected chi connectivity index (χ2v) is 5.24. The molecule has 1 aliphatic rings. The summed E-state index contributed by atoms with van der Waals surface area (Å²) in [5.41, 5.74) is 1.11. The predicted octanol–water partition coefficient (Wildman–Crippen LogP) is 2.57. The predicted molar refractivity (Wildman–Crippen MR) is 78.1 cm³/mol. The molecule has 1 aromatic rings. The van der Waals surface area contributed by atoms with E-state index in [4.69, 9.17) is 16.3 Å². The lowest BCUT2D eigenvalue weighted by Crippen LogP contribution is -2.38. The van der Waals surface area contributed by atoms with Crippen LogP contribution in [0.2, 0.25) is 0 Å². The van der Waals surface area contributed by atoms with Crippen LogP contribution in [0.5, 0.6) is 0 Å². The van der Waals surface area contributed by atoms with Crippen molar-refractivity contribution in [3.05, 3.63) is 17.6 Å². The Hall–Kier alpha value is -0.870. The van der Waals surface area contributed by atoms with Gasteiger partial charge in [-0.05, 0) is 26.2 Å². The van der Waals surface area contributed by atoms with Crippen LogP contribution in [0.1, 0.15) is 31.3 Å². The van der Waals surface area contributed by atoms with Crippen molar-refractivity contribution in [2.45, 2.75) is 39.2 Å². The van der Waals surface area contributed by atoms with Gasteiger partial charge in [0.1, 0.15) is 11.6 Å². The molecule has 0 atom stereocenters. The van der Waals surface area contributed by atoms with Crippen molar-refractivity contribution in [1.29, 1.82) is 0 Å². The van der Waals surface area contributed by atoms with Crippen molar-refractivity contribution >= 4 is 17.4 Å². The Morgan fingerprint density at radius 1 is 1.37 bits per heavy atom. The molecule has 0 aliphatic carbocycles. The average Bonchev–Trinajstić information content (AvgIpc) is 2.45. The van der Waals surface area contributed by atoms with Crippen LogP contribution in [-0.2, 0) is 11.2 Å². The minimum Gasteiger partial charge on any atom is -0.377 e. The van der Waals surface area contributed by atoms with E-state index in [0.717, 1.165) is 49.7 Å². The first-order chi connectivity index (χ1) is 9.22. The highest BCUT2D eigenvalue weighted by atomic mass is 35.5. The van der Waals surface area contributed by atoms with Crippen molar-refractivity contribution in [2.24, 2.45) is 0 Å². The van der Waals surface area contributed by atoms with Gasteiger partial charge in [0, 0.05) is 30.7 Å². The fourth-order valence-corrected chi connectivity index (χ4v) is 2.51. The Balaban J connectivity index is 1.95. The van der Waals surface area contributed by atoms with Gasteiger partial charge >= 0.3 is 0 Å². The SMILES string of the molecule is CCc1cc(N2CCC(OCCCl)CC2)nc(C)n1. The highest BCUT2D eigenvalue weighted by Crippen LogP contribution is 2.20. The normalized spacial score (nSPS) is 16.9. The Labute approximate surface area is 120 Å². The summed E-state index contributed by atoms with van der Waals surface area (Å²) in [6.07, 6.45) is 3.39. The number of alkyl halides is 1. The molecule has 0 spiro atoms. The molecular weight excluding hydrogens is 262 g/mol. The van der Waals surface area contributed by atoms with Gasteiger partial charge in [-0.15, -0.1) is 11.6 Å². The molecule has 5 heteroatoms. The first-order valence-corrected chi connectivity index (χ1v) is 7.53. The summed E-state index contributed by atoms with van der Waals surface area (Å²) in [5.74, 6) is 2.49. The van der Waals surface area contributed by atoms with Gasteiger partial charge in [-0.25, -0.2) is 9.97 Å². The van der Waals surface area contributed by atoms with E-state index in [1.165, 1.54) is 0 Å². The third kappa shape index (κ3) is 4.05. The maximum atomic E-state index is 5.69. The molecule has 4 nitrogen and oxygen atoms in total. The molecule has 0 radical (unpaired) electrons. The van der Waals surface area contributed by atoms with E-state index in [0.29, 0.717) is 18.6 Å². The van der Waals surface area contributed by atoms with E-state index in [2.05, 4.69) is 27.9 Å². The topological polar surface area (TPSA) is 38.2 Å². The number of aryl methyl sites for hydroxylation is 2. The lowest BCUT2D eigenvalue weighted by Gasteiger charge is -2.32. The number of anilines is 1. The lowest BCUT2D eigenvalue weighted by atomic mass is 10.1. The Bertz CT molecular complexity index is 406. The van der Waals surface area contributed by atoms with Crippen LogP contribution in [0.25, 0.3) is 0 Å². The highest BCUT2D eigenvalue weighted by molar-refractivity contribution is 6.17. The molecule has 0 N–H and O–H groups in total. The van der Waals surface area contributed by atoms with E-state index in [1.54, 1.807) is 0 Å². The Kier molecular flexibility index (Phi) is 5.40. The number of aromatic nitrogens is 2. The molecule has 19 heavy (non-hydrogen) atoms. The fourth-order valence-electron chi connectivity index (χ4n) is 2.42. The van der Waals surface area contributed by atoms with E-state index >= 15 is 0 Å². The second-order valence-electron chi connectivity index (χ2n) is 4.86. The monoisotopic (exact) mass is 283 g/mol. The largest absolute Gasteiger partial charge is 0.377 e. The first-order valence-electron chi connectivity index (χ1n) is 7.00. The number of piperidine rings is 1. The van der Waals surface area contributed by atoms with Gasteiger partial charge in [0.2, 0.25) is 0 Å². The van der Waals surface area contributed by atoms with Gasteiger partial charge in [-0.3, -0.25) is 0 Å². The lowest BCUT2D eigenvalue weighted by molar-refractivity contribution is 0.0471. The van der Waals surface area contributed by atoms with Crippen LogP contribution >= 0.6 is 11.6 Å². The van der Waals surface area contributed by atoms with Crippen LogP contribution in [0, 0.1) is 6.92 Å². The second kappa shape index (κ2) is 7.06. The first kappa shape index (κ1) is 14.5. The minimum absolute atomic E-state index is 0.351. The van der Waals surface area contributed by atoms with Crippen molar-refractivity contribution in [3.63, 3.8) is 0 Å². The van der Waals surface area contributed by atoms with Gasteiger partial charge in [-0.1, -0.05) is 6.92 Å². The van der Waals surface area contributed by atoms with E-state index in [1.807, 2.05) is 6.92 Å². The third-order valence-corrected chi connectivity index (χ3v) is 3.59. The molecule has 2 rings (SSSR count). The molecule has 2 heterocycles. The smallest absolute Gasteiger partial charge is 0.132 e. The van der Waals surface area contributed by atoms with E-state index in [-0.39, 0.29) is 0 Å². The quantitative estimate of drug-likeness (QED) is 0.779. The summed E-state index contributed by atoms with van der Waals surface area (Å²) in [6.45, 7) is 6.72. The summed E-state index contributed by atoms with van der Waals surface area (Å²) in [7, 11) is 0. The fraction of sp³-hybridized carbons (Fsp3) is 0.714. The summed E-state index contributed by atoms with van der Waals surface area (Å²) in [5, 5.41) is 0. The van der Waals surface area contributed by atoms with Gasteiger partial charge in [0.25, 0.3) is 0 Å². The van der Waals surface area contributed by atoms with Crippen molar-refractivity contribution in [3.8, 4) is 0 Å². The molecule has 1 saturated heterocycles. The zero-order valence-corrected chi connectivity index (χ0v) is 12.5. The molecule has 0 aromatic carbocycles. The van der Waals surface area contributed by atoms with Crippen LogP contribution in [0.15, 0.2) is 6.07 Å². The average molecular weight is 284 g/mol. The maximum Gasteiger partial charge on any atom is 0.132 e. The molecule has 1 aliphatic heterocycles. The number of nitrogens with zero attached hydrogens (tertiary/aromatic N) is 3. The van der Waals surface area contributed by atoms with Gasteiger partial charge in [0.05, 0.1) is 12.7 Å². The maximum absolute atomic E-state index is 5.69. The zero-order chi connectivity index (χ0) is 13.7. The molecular formula is C14H22ClN3O. The van der Waals surface area contributed by atoms with Gasteiger partial charge in [0.15, 0.2) is 0 Å². The molecule has 0 saturated carbocycles. The number of hydrogen-bond donors (Lipinski definition) is 0. The number of halogens is 1. The third-order valence-electron chi connectivity index (χ3n) is 3.44. The number of ether oxygens (including phenoxy) is 1. The molecule has 0 bridgehead atoms. The molecule has 1 aromatic heterocycles. The van der Waals surface area contributed by atoms with Gasteiger partial charge < -0.3 is 9.64 Å². The summed E-state index contributed by atoms with van der Waals surface area (Å²) >= 11 is 5.64. The Morgan fingerprint density at radius 2 is 2.11 bits per heavy atom. The Morgan fingerprint density at radius 3 is 2.74 bits per heavy atom. The zero-order valence-electron chi connectivity index (χ0n) is 11.7. The van der Waals surface area contributed by atoms with Crippen LogP contribution in [0.4, 0.5) is 5.82 Å². The van der Waals surface area contributed by atoms with Crippen molar-refractivity contribution < 1.29 is 4.74 Å². The molecule has 0 amide bonds. The summed E-state index contributed by atoms with van der Waals surface area (Å²) in [4.78, 5) is 11.3. The summed E-state index contributed by atoms with van der Waals surface area (Å²) in [6, 6.07) is 2.10. The number of rotatable bonds is 5. The van der Waals surface area contributed by atoms with Crippen LogP contribution in [-0.4, -0.2) is 41.6 Å². The van der Waals surface area contributed by atoms with E-state index in [9.17, 15) is 0 Å². The van der Waals surface area contributed by atoms with Gasteiger partial charge in [-0.2, -0.15) is 0 Å². The minimum atomic E-state index is 0.351. The molecule has 1 fully saturated rings. The standard InChI is InChI=1S/C14H22ClN3O/c1-3-12-10-14(17-11(2)16-12)18-7-4-13(5-8-18)19-9-6-15/h10,13H,3-9H2,1-2H3. The molecule has 106 valence electrons. The summed E-state index contributed by atoms with van der Waals surface area (Å²) < 4.78 is 5.69. The highest BCUT2D eigenvalue weighted by Gasteiger charge is 2.21. The number of hydrogen-bond acceptors (Lipinski definition) is 4. The molecule has 0 unspecified atom stereocenters. The van der Waals surface area contributed by atoms with Crippen LogP contribution < -0.4 is 4.90 Å². The van der Waals surface area contributed by atoms with Crippen LogP contribution in [0.3, 0.4) is 0 Å². The van der Waals surface area contributed by atoms with Crippen molar-refractivity contribution in [1.82, 2.24) is 9.97 Å². The van der Waals surface area contributed by atoms with E-state index < -0.39 is 0 Å². The van der Waals surface area contributed by atoms with Crippen molar-refractivity contribution in [2.75, 3.05) is 30.5 Å².